The number of unbranched alkanes of at least 4 members (excludes halogenated alkanes) is 4. The third-order valence-electron chi connectivity index (χ3n) is 14.5. The largest absolute Gasteiger partial charge is 0.381 e. The summed E-state index contributed by atoms with van der Waals surface area (Å²) in [5, 5.41) is 5.25. The SMILES string of the molecule is CCC1(COCCCCCc2ccc3c(c2)c2ccccc2n3-c2ccc(-c3ccc(-n4c5ccccc5c5cc(CCCCCOCC6(CC)COC6)ccc54)cc3)cc2)COC1. The minimum atomic E-state index is 0.270. The van der Waals surface area contributed by atoms with E-state index in [1.165, 1.54) is 103 Å². The highest BCUT2D eigenvalue weighted by Gasteiger charge is 2.37. The first-order valence-corrected chi connectivity index (χ1v) is 24.1. The monoisotopic (exact) mass is 852 g/mol. The van der Waals surface area contributed by atoms with Gasteiger partial charge in [-0.15, -0.1) is 0 Å². The number of hydrogen-bond donors (Lipinski definition) is 0. The Morgan fingerprint density at radius 1 is 0.438 bits per heavy atom. The second-order valence-electron chi connectivity index (χ2n) is 18.9. The molecule has 6 aromatic carbocycles. The van der Waals surface area contributed by atoms with Crippen LogP contribution in [0.15, 0.2) is 133 Å². The smallest absolute Gasteiger partial charge is 0.0566 e. The Morgan fingerprint density at radius 2 is 0.844 bits per heavy atom. The summed E-state index contributed by atoms with van der Waals surface area (Å²) in [5.74, 6) is 0. The van der Waals surface area contributed by atoms with Crippen molar-refractivity contribution in [1.82, 2.24) is 9.13 Å². The van der Waals surface area contributed by atoms with Gasteiger partial charge in [-0.3, -0.25) is 0 Å². The van der Waals surface area contributed by atoms with Crippen LogP contribution in [0.4, 0.5) is 0 Å². The van der Waals surface area contributed by atoms with Gasteiger partial charge in [-0.05, 0) is 134 Å². The van der Waals surface area contributed by atoms with Crippen LogP contribution in [0, 0.1) is 10.8 Å². The minimum absolute atomic E-state index is 0.270. The molecule has 0 aliphatic carbocycles. The summed E-state index contributed by atoms with van der Waals surface area (Å²) in [4.78, 5) is 0. The first kappa shape index (κ1) is 42.7. The minimum Gasteiger partial charge on any atom is -0.381 e. The Bertz CT molecular complexity index is 2620. The van der Waals surface area contributed by atoms with Crippen LogP contribution < -0.4 is 0 Å². The van der Waals surface area contributed by atoms with Crippen molar-refractivity contribution in [1.29, 1.82) is 0 Å². The zero-order chi connectivity index (χ0) is 43.4. The van der Waals surface area contributed by atoms with Crippen molar-refractivity contribution < 1.29 is 18.9 Å². The van der Waals surface area contributed by atoms with E-state index < -0.39 is 0 Å². The molecule has 0 bridgehead atoms. The number of rotatable bonds is 21. The summed E-state index contributed by atoms with van der Waals surface area (Å²) < 4.78 is 27.8. The zero-order valence-electron chi connectivity index (χ0n) is 38.0. The fourth-order valence-electron chi connectivity index (χ4n) is 10.1. The lowest BCUT2D eigenvalue weighted by molar-refractivity contribution is -0.150. The maximum absolute atomic E-state index is 6.05. The van der Waals surface area contributed by atoms with Crippen molar-refractivity contribution in [2.24, 2.45) is 10.8 Å². The molecule has 8 aromatic rings. The maximum atomic E-state index is 6.05. The van der Waals surface area contributed by atoms with Crippen LogP contribution in [0.5, 0.6) is 0 Å². The van der Waals surface area contributed by atoms with Gasteiger partial charge in [0.2, 0.25) is 0 Å². The molecule has 0 saturated carbocycles. The van der Waals surface area contributed by atoms with Crippen LogP contribution in [-0.4, -0.2) is 62.0 Å². The standard InChI is InChI=1S/C58H64N2O4/c1-3-57(39-63-40-57)37-61-33-13-5-7-15-43-21-31-55-51(35-43)49-17-9-11-19-53(49)59(55)47-27-23-45(24-28-47)46-25-29-48(30-26-46)60-54-20-12-10-18-50(54)52-36-44(22-32-56(52)60)16-8-6-14-34-62-38-58(4-2)41-64-42-58/h9-12,17-32,35-36H,3-8,13-16,33-34,37-42H2,1-2H3. The Morgan fingerprint density at radius 3 is 1.23 bits per heavy atom. The molecule has 330 valence electrons. The molecule has 0 N–H and O–H groups in total. The van der Waals surface area contributed by atoms with Crippen LogP contribution in [0.3, 0.4) is 0 Å². The number of para-hydroxylation sites is 2. The van der Waals surface area contributed by atoms with Gasteiger partial charge in [0.1, 0.15) is 0 Å². The first-order valence-electron chi connectivity index (χ1n) is 24.1. The lowest BCUT2D eigenvalue weighted by Gasteiger charge is -2.40. The van der Waals surface area contributed by atoms with Crippen molar-refractivity contribution in [2.45, 2.75) is 78.1 Å². The van der Waals surface area contributed by atoms with Gasteiger partial charge in [0.25, 0.3) is 0 Å². The number of hydrogen-bond acceptors (Lipinski definition) is 4. The van der Waals surface area contributed by atoms with Crippen molar-refractivity contribution in [2.75, 3.05) is 52.9 Å². The number of fused-ring (bicyclic) bond motifs is 6. The van der Waals surface area contributed by atoms with Gasteiger partial charge in [-0.2, -0.15) is 0 Å². The van der Waals surface area contributed by atoms with Gasteiger partial charge >= 0.3 is 0 Å². The summed E-state index contributed by atoms with van der Waals surface area (Å²) in [5.41, 5.74) is 13.1. The van der Waals surface area contributed by atoms with Gasteiger partial charge in [0.15, 0.2) is 0 Å². The van der Waals surface area contributed by atoms with Crippen molar-refractivity contribution in [3.8, 4) is 22.5 Å². The Hall–Kier alpha value is -5.24. The molecule has 0 radical (unpaired) electrons. The second kappa shape index (κ2) is 19.1. The third kappa shape index (κ3) is 8.66. The highest BCUT2D eigenvalue weighted by molar-refractivity contribution is 6.10. The number of benzene rings is 6. The predicted octanol–water partition coefficient (Wildman–Crippen LogP) is 13.9. The lowest BCUT2D eigenvalue weighted by atomic mass is 9.84. The average molecular weight is 853 g/mol. The van der Waals surface area contributed by atoms with Crippen LogP contribution in [0.1, 0.15) is 76.3 Å². The summed E-state index contributed by atoms with van der Waals surface area (Å²) in [6.45, 7) is 11.3. The number of aryl methyl sites for hydroxylation is 2. The van der Waals surface area contributed by atoms with Crippen molar-refractivity contribution in [3.05, 3.63) is 145 Å². The molecule has 2 aliphatic rings. The molecular formula is C58H64N2O4. The third-order valence-corrected chi connectivity index (χ3v) is 14.5. The van der Waals surface area contributed by atoms with Crippen LogP contribution in [-0.2, 0) is 31.8 Å². The van der Waals surface area contributed by atoms with E-state index in [1.807, 2.05) is 0 Å². The summed E-state index contributed by atoms with van der Waals surface area (Å²) in [7, 11) is 0. The van der Waals surface area contributed by atoms with Crippen LogP contribution in [0.2, 0.25) is 0 Å². The van der Waals surface area contributed by atoms with E-state index in [0.717, 1.165) is 91.4 Å². The average Bonchev–Trinajstić information content (AvgIpc) is 3.82. The molecule has 2 fully saturated rings. The topological polar surface area (TPSA) is 46.8 Å². The normalized spacial score (nSPS) is 15.6. The Kier molecular flexibility index (Phi) is 12.7. The fourth-order valence-corrected chi connectivity index (χ4v) is 10.1. The molecule has 6 heteroatoms. The Balaban J connectivity index is 0.796. The molecule has 10 rings (SSSR count). The number of ether oxygens (including phenoxy) is 4. The highest BCUT2D eigenvalue weighted by Crippen LogP contribution is 2.37. The van der Waals surface area contributed by atoms with Crippen LogP contribution >= 0.6 is 0 Å². The van der Waals surface area contributed by atoms with E-state index in [0.29, 0.717) is 0 Å². The van der Waals surface area contributed by atoms with Gasteiger partial charge < -0.3 is 28.1 Å². The predicted molar refractivity (Wildman–Crippen MR) is 264 cm³/mol. The zero-order valence-corrected chi connectivity index (χ0v) is 38.0. The summed E-state index contributed by atoms with van der Waals surface area (Å²) in [6, 6.07) is 50.0. The number of aromatic nitrogens is 2. The lowest BCUT2D eigenvalue weighted by Crippen LogP contribution is -2.45. The van der Waals surface area contributed by atoms with Gasteiger partial charge in [0.05, 0.1) is 61.7 Å². The maximum Gasteiger partial charge on any atom is 0.0566 e. The molecule has 6 nitrogen and oxygen atoms in total. The van der Waals surface area contributed by atoms with E-state index in [2.05, 4.69) is 156 Å². The highest BCUT2D eigenvalue weighted by atomic mass is 16.5. The van der Waals surface area contributed by atoms with Crippen LogP contribution in [0.25, 0.3) is 66.1 Å². The molecular weight excluding hydrogens is 789 g/mol. The molecule has 0 unspecified atom stereocenters. The number of nitrogens with zero attached hydrogens (tertiary/aromatic N) is 2. The van der Waals surface area contributed by atoms with E-state index in [1.54, 1.807) is 0 Å². The second-order valence-corrected chi connectivity index (χ2v) is 18.9. The first-order chi connectivity index (χ1) is 31.6. The van der Waals surface area contributed by atoms with E-state index >= 15 is 0 Å². The van der Waals surface area contributed by atoms with Gasteiger partial charge in [-0.1, -0.05) is 99.5 Å². The summed E-state index contributed by atoms with van der Waals surface area (Å²) >= 11 is 0. The molecule has 0 spiro atoms. The molecule has 2 saturated heterocycles. The molecule has 2 aromatic heterocycles. The van der Waals surface area contributed by atoms with E-state index in [4.69, 9.17) is 18.9 Å². The molecule has 4 heterocycles. The molecule has 2 aliphatic heterocycles. The fraction of sp³-hybridized carbons (Fsp3) is 0.379. The van der Waals surface area contributed by atoms with Gasteiger partial charge in [0, 0.05) is 57.0 Å². The van der Waals surface area contributed by atoms with Crippen molar-refractivity contribution in [3.63, 3.8) is 0 Å². The van der Waals surface area contributed by atoms with E-state index in [9.17, 15) is 0 Å². The van der Waals surface area contributed by atoms with E-state index in [-0.39, 0.29) is 10.8 Å². The Labute approximate surface area is 379 Å². The molecule has 0 atom stereocenters. The molecule has 64 heavy (non-hydrogen) atoms. The van der Waals surface area contributed by atoms with Crippen molar-refractivity contribution >= 4 is 43.6 Å². The quantitative estimate of drug-likeness (QED) is 0.0676. The molecule has 0 amide bonds. The summed E-state index contributed by atoms with van der Waals surface area (Å²) in [6.07, 6.45) is 11.4. The van der Waals surface area contributed by atoms with Gasteiger partial charge in [-0.25, -0.2) is 0 Å².